The van der Waals surface area contributed by atoms with Crippen molar-refractivity contribution >= 4 is 28.3 Å². The number of ketones is 1. The van der Waals surface area contributed by atoms with Crippen molar-refractivity contribution in [3.05, 3.63) is 96.2 Å². The van der Waals surface area contributed by atoms with Crippen LogP contribution in [0, 0.1) is 0 Å². The Kier molecular flexibility index (Phi) is 4.68. The maximum absolute atomic E-state index is 12.6. The highest BCUT2D eigenvalue weighted by Gasteiger charge is 2.11. The molecule has 0 unspecified atom stereocenters. The molecule has 4 rings (SSSR count). The fourth-order valence-corrected chi connectivity index (χ4v) is 3.19. The van der Waals surface area contributed by atoms with Gasteiger partial charge >= 0.3 is 0 Å². The molecule has 1 amide bonds. The lowest BCUT2D eigenvalue weighted by atomic mass is 9.97. The summed E-state index contributed by atoms with van der Waals surface area (Å²) in [6.45, 7) is 1.55. The SMILES string of the molecule is CC(=O)c1ccccc1-c1ccc(C(=O)Nc2ccc3cccnc3c2)cc1. The number of nitrogens with zero attached hydrogens (tertiary/aromatic N) is 1. The van der Waals surface area contributed by atoms with E-state index in [0.29, 0.717) is 16.8 Å². The molecule has 0 spiro atoms. The first-order valence-electron chi connectivity index (χ1n) is 8.98. The van der Waals surface area contributed by atoms with E-state index in [2.05, 4.69) is 10.3 Å². The summed E-state index contributed by atoms with van der Waals surface area (Å²) in [5, 5.41) is 3.93. The molecule has 0 aliphatic heterocycles. The van der Waals surface area contributed by atoms with E-state index in [0.717, 1.165) is 22.0 Å². The highest BCUT2D eigenvalue weighted by atomic mass is 16.1. The summed E-state index contributed by atoms with van der Waals surface area (Å²) in [5.41, 5.74) is 4.51. The molecule has 0 radical (unpaired) electrons. The van der Waals surface area contributed by atoms with Gasteiger partial charge in [-0.1, -0.05) is 48.5 Å². The van der Waals surface area contributed by atoms with Gasteiger partial charge < -0.3 is 5.32 Å². The van der Waals surface area contributed by atoms with Gasteiger partial charge in [-0.3, -0.25) is 14.6 Å². The van der Waals surface area contributed by atoms with Crippen LogP contribution in [0.4, 0.5) is 5.69 Å². The van der Waals surface area contributed by atoms with Crippen LogP contribution in [-0.4, -0.2) is 16.7 Å². The van der Waals surface area contributed by atoms with Gasteiger partial charge in [0.05, 0.1) is 5.52 Å². The summed E-state index contributed by atoms with van der Waals surface area (Å²) < 4.78 is 0. The summed E-state index contributed by atoms with van der Waals surface area (Å²) >= 11 is 0. The summed E-state index contributed by atoms with van der Waals surface area (Å²) in [4.78, 5) is 28.7. The molecule has 1 heterocycles. The predicted octanol–water partition coefficient (Wildman–Crippen LogP) is 5.36. The van der Waals surface area contributed by atoms with E-state index in [1.165, 1.54) is 0 Å². The summed E-state index contributed by atoms with van der Waals surface area (Å²) in [7, 11) is 0. The van der Waals surface area contributed by atoms with Gasteiger partial charge in [-0.25, -0.2) is 0 Å². The zero-order valence-corrected chi connectivity index (χ0v) is 15.3. The Bertz CT molecular complexity index is 1180. The standard InChI is InChI=1S/C24H18N2O2/c1-16(27)21-6-2-3-7-22(21)17-8-10-19(11-9-17)24(28)26-20-13-12-18-5-4-14-25-23(18)15-20/h2-15H,1H3,(H,26,28). The third kappa shape index (κ3) is 3.53. The molecule has 4 nitrogen and oxygen atoms in total. The molecule has 28 heavy (non-hydrogen) atoms. The minimum atomic E-state index is -0.193. The molecule has 4 aromatic rings. The number of carbonyl (C=O) groups excluding carboxylic acids is 2. The number of benzene rings is 3. The maximum Gasteiger partial charge on any atom is 0.255 e. The van der Waals surface area contributed by atoms with Crippen molar-refractivity contribution in [1.82, 2.24) is 4.98 Å². The number of Topliss-reactive ketones (excluding diaryl/α,β-unsaturated/α-hetero) is 1. The van der Waals surface area contributed by atoms with E-state index in [1.54, 1.807) is 25.3 Å². The van der Waals surface area contributed by atoms with Gasteiger partial charge in [-0.2, -0.15) is 0 Å². The van der Waals surface area contributed by atoms with Crippen LogP contribution in [-0.2, 0) is 0 Å². The molecule has 136 valence electrons. The lowest BCUT2D eigenvalue weighted by Crippen LogP contribution is -2.11. The van der Waals surface area contributed by atoms with Crippen molar-refractivity contribution in [1.29, 1.82) is 0 Å². The first-order chi connectivity index (χ1) is 13.6. The lowest BCUT2D eigenvalue weighted by molar-refractivity contribution is 0.101. The highest BCUT2D eigenvalue weighted by molar-refractivity contribution is 6.05. The Hall–Kier alpha value is -3.79. The summed E-state index contributed by atoms with van der Waals surface area (Å²) in [6.07, 6.45) is 1.73. The van der Waals surface area contributed by atoms with Gasteiger partial charge in [0.2, 0.25) is 0 Å². The second-order valence-corrected chi connectivity index (χ2v) is 6.54. The average Bonchev–Trinajstić information content (AvgIpc) is 2.73. The van der Waals surface area contributed by atoms with Gasteiger partial charge in [0, 0.05) is 28.4 Å². The zero-order valence-electron chi connectivity index (χ0n) is 15.3. The minimum Gasteiger partial charge on any atom is -0.322 e. The van der Waals surface area contributed by atoms with Gasteiger partial charge in [0.25, 0.3) is 5.91 Å². The third-order valence-corrected chi connectivity index (χ3v) is 4.63. The molecule has 0 aliphatic rings. The van der Waals surface area contributed by atoms with E-state index in [1.807, 2.05) is 66.7 Å². The quantitative estimate of drug-likeness (QED) is 0.495. The Morgan fingerprint density at radius 1 is 0.857 bits per heavy atom. The number of hydrogen-bond acceptors (Lipinski definition) is 3. The molecule has 0 atom stereocenters. The molecule has 0 saturated carbocycles. The van der Waals surface area contributed by atoms with E-state index in [-0.39, 0.29) is 11.7 Å². The highest BCUT2D eigenvalue weighted by Crippen LogP contribution is 2.25. The molecule has 0 fully saturated rings. The number of carbonyl (C=O) groups is 2. The molecule has 3 aromatic carbocycles. The molecular weight excluding hydrogens is 348 g/mol. The largest absolute Gasteiger partial charge is 0.322 e. The van der Waals surface area contributed by atoms with Crippen LogP contribution in [0.15, 0.2) is 85.1 Å². The van der Waals surface area contributed by atoms with Crippen LogP contribution in [0.3, 0.4) is 0 Å². The molecule has 1 N–H and O–H groups in total. The molecule has 0 aliphatic carbocycles. The van der Waals surface area contributed by atoms with Gasteiger partial charge in [-0.15, -0.1) is 0 Å². The van der Waals surface area contributed by atoms with Crippen molar-refractivity contribution < 1.29 is 9.59 Å². The number of anilines is 1. The van der Waals surface area contributed by atoms with Crippen LogP contribution in [0.1, 0.15) is 27.6 Å². The van der Waals surface area contributed by atoms with Crippen molar-refractivity contribution in [3.63, 3.8) is 0 Å². The predicted molar refractivity (Wildman–Crippen MR) is 112 cm³/mol. The summed E-state index contributed by atoms with van der Waals surface area (Å²) in [5.74, 6) is -0.177. The monoisotopic (exact) mass is 366 g/mol. The smallest absolute Gasteiger partial charge is 0.255 e. The van der Waals surface area contributed by atoms with E-state index in [9.17, 15) is 9.59 Å². The normalized spacial score (nSPS) is 10.6. The molecule has 0 saturated heterocycles. The van der Waals surface area contributed by atoms with Gasteiger partial charge in [0.1, 0.15) is 0 Å². The average molecular weight is 366 g/mol. The van der Waals surface area contributed by atoms with E-state index >= 15 is 0 Å². The fourth-order valence-electron chi connectivity index (χ4n) is 3.19. The van der Waals surface area contributed by atoms with Crippen molar-refractivity contribution in [2.24, 2.45) is 0 Å². The maximum atomic E-state index is 12.6. The Labute approximate surface area is 162 Å². The number of nitrogens with one attached hydrogen (secondary N) is 1. The number of hydrogen-bond donors (Lipinski definition) is 1. The first kappa shape index (κ1) is 17.6. The van der Waals surface area contributed by atoms with Crippen LogP contribution in [0.2, 0.25) is 0 Å². The minimum absolute atomic E-state index is 0.0160. The van der Waals surface area contributed by atoms with Crippen molar-refractivity contribution in [2.45, 2.75) is 6.92 Å². The Morgan fingerprint density at radius 3 is 2.43 bits per heavy atom. The third-order valence-electron chi connectivity index (χ3n) is 4.63. The molecule has 0 bridgehead atoms. The number of pyridine rings is 1. The molecular formula is C24H18N2O2. The Balaban J connectivity index is 1.56. The van der Waals surface area contributed by atoms with Gasteiger partial charge in [-0.05, 0) is 48.4 Å². The van der Waals surface area contributed by atoms with Crippen molar-refractivity contribution in [3.8, 4) is 11.1 Å². The number of amides is 1. The van der Waals surface area contributed by atoms with Crippen LogP contribution in [0.5, 0.6) is 0 Å². The topological polar surface area (TPSA) is 59.1 Å². The van der Waals surface area contributed by atoms with Crippen LogP contribution in [0.25, 0.3) is 22.0 Å². The van der Waals surface area contributed by atoms with E-state index < -0.39 is 0 Å². The Morgan fingerprint density at radius 2 is 1.64 bits per heavy atom. The van der Waals surface area contributed by atoms with Crippen molar-refractivity contribution in [2.75, 3.05) is 5.32 Å². The first-order valence-corrected chi connectivity index (χ1v) is 8.98. The fraction of sp³-hybridized carbons (Fsp3) is 0.0417. The number of rotatable bonds is 4. The molecule has 4 heteroatoms. The zero-order chi connectivity index (χ0) is 19.5. The van der Waals surface area contributed by atoms with Gasteiger partial charge in [0.15, 0.2) is 5.78 Å². The van der Waals surface area contributed by atoms with Crippen LogP contribution >= 0.6 is 0 Å². The second-order valence-electron chi connectivity index (χ2n) is 6.54. The van der Waals surface area contributed by atoms with Crippen LogP contribution < -0.4 is 5.32 Å². The number of aromatic nitrogens is 1. The summed E-state index contributed by atoms with van der Waals surface area (Å²) in [6, 6.07) is 24.2. The van der Waals surface area contributed by atoms with E-state index in [4.69, 9.17) is 0 Å². The number of fused-ring (bicyclic) bond motifs is 1. The second kappa shape index (κ2) is 7.45. The lowest BCUT2D eigenvalue weighted by Gasteiger charge is -2.09. The molecule has 1 aromatic heterocycles.